The molecule has 1 aromatic heterocycles. The van der Waals surface area contributed by atoms with Crippen molar-refractivity contribution in [2.45, 2.75) is 39.8 Å². The Morgan fingerprint density at radius 1 is 1.13 bits per heavy atom. The number of aromatic nitrogens is 2. The Morgan fingerprint density at radius 2 is 1.84 bits per heavy atom. The third kappa shape index (κ3) is 5.49. The number of carbonyl (C=O) groups excluding carboxylic acids is 1. The topological polar surface area (TPSA) is 105 Å². The molecule has 1 N–H and O–H groups in total. The molecule has 0 bridgehead atoms. The molecule has 3 aromatic rings. The van der Waals surface area contributed by atoms with Crippen LogP contribution >= 0.6 is 0 Å². The van der Waals surface area contributed by atoms with Crippen molar-refractivity contribution in [1.29, 1.82) is 0 Å². The highest BCUT2D eigenvalue weighted by Crippen LogP contribution is 2.23. The van der Waals surface area contributed by atoms with Gasteiger partial charge in [-0.3, -0.25) is 9.10 Å². The van der Waals surface area contributed by atoms with Crippen LogP contribution in [0.2, 0.25) is 0 Å². The van der Waals surface area contributed by atoms with Crippen LogP contribution in [0.3, 0.4) is 0 Å². The van der Waals surface area contributed by atoms with E-state index in [9.17, 15) is 13.2 Å². The maximum Gasteiger partial charge on any atom is 0.246 e. The summed E-state index contributed by atoms with van der Waals surface area (Å²) in [6.45, 7) is 5.64. The molecule has 1 amide bonds. The number of carbonyl (C=O) groups is 1. The fourth-order valence-corrected chi connectivity index (χ4v) is 4.47. The van der Waals surface area contributed by atoms with Gasteiger partial charge in [-0.05, 0) is 38.5 Å². The normalized spacial score (nSPS) is 12.4. The Morgan fingerprint density at radius 3 is 2.45 bits per heavy atom. The molecule has 2 aromatic carbocycles. The molecule has 0 spiro atoms. The molecule has 0 radical (unpaired) electrons. The molecule has 0 saturated carbocycles. The van der Waals surface area contributed by atoms with Crippen molar-refractivity contribution in [3.05, 3.63) is 65.5 Å². The summed E-state index contributed by atoms with van der Waals surface area (Å²) >= 11 is 0. The van der Waals surface area contributed by atoms with Crippen molar-refractivity contribution in [3.8, 4) is 11.4 Å². The number of benzene rings is 2. The van der Waals surface area contributed by atoms with Crippen molar-refractivity contribution in [2.24, 2.45) is 0 Å². The number of sulfonamides is 1. The van der Waals surface area contributed by atoms with Crippen LogP contribution in [-0.2, 0) is 21.4 Å². The highest BCUT2D eigenvalue weighted by Gasteiger charge is 2.31. The number of hydrogen-bond donors (Lipinski definition) is 1. The number of amides is 1. The summed E-state index contributed by atoms with van der Waals surface area (Å²) in [5.41, 5.74) is 3.32. The lowest BCUT2D eigenvalue weighted by atomic mass is 10.1. The number of anilines is 1. The van der Waals surface area contributed by atoms with Crippen LogP contribution in [-0.4, -0.2) is 36.8 Å². The number of hydrogen-bond acceptors (Lipinski definition) is 6. The molecule has 0 fully saturated rings. The molecule has 9 heteroatoms. The van der Waals surface area contributed by atoms with E-state index in [1.165, 1.54) is 0 Å². The number of nitrogens with one attached hydrogen (secondary N) is 1. The first-order valence-corrected chi connectivity index (χ1v) is 11.8. The molecule has 0 unspecified atom stereocenters. The monoisotopic (exact) mass is 442 g/mol. The molecule has 3 rings (SSSR count). The summed E-state index contributed by atoms with van der Waals surface area (Å²) in [4.78, 5) is 17.2. The predicted octanol–water partition coefficient (Wildman–Crippen LogP) is 3.21. The Bertz CT molecular complexity index is 1160. The maximum atomic E-state index is 12.9. The van der Waals surface area contributed by atoms with Gasteiger partial charge in [0.05, 0.1) is 18.5 Å². The van der Waals surface area contributed by atoms with E-state index in [4.69, 9.17) is 4.52 Å². The Labute approximate surface area is 182 Å². The second-order valence-electron chi connectivity index (χ2n) is 7.42. The third-order valence-corrected chi connectivity index (χ3v) is 5.96. The SMILES string of the molecule is CC[C@H](C(=O)NCc1nc(-c2cccc(C)c2)no1)N(c1ccc(C)cc1)S(C)(=O)=O. The van der Waals surface area contributed by atoms with Crippen LogP contribution in [0.15, 0.2) is 53.1 Å². The van der Waals surface area contributed by atoms with Gasteiger partial charge in [0.25, 0.3) is 0 Å². The molecular formula is C22H26N4O4S. The summed E-state index contributed by atoms with van der Waals surface area (Å²) in [6, 6.07) is 13.8. The molecule has 0 aliphatic carbocycles. The fourth-order valence-electron chi connectivity index (χ4n) is 3.26. The van der Waals surface area contributed by atoms with Gasteiger partial charge in [0, 0.05) is 5.56 Å². The molecular weight excluding hydrogens is 416 g/mol. The van der Waals surface area contributed by atoms with Gasteiger partial charge >= 0.3 is 0 Å². The molecule has 0 aliphatic rings. The van der Waals surface area contributed by atoms with Gasteiger partial charge < -0.3 is 9.84 Å². The lowest BCUT2D eigenvalue weighted by Gasteiger charge is -2.30. The summed E-state index contributed by atoms with van der Waals surface area (Å²) < 4.78 is 31.4. The molecule has 164 valence electrons. The van der Waals surface area contributed by atoms with Crippen LogP contribution in [0.4, 0.5) is 5.69 Å². The summed E-state index contributed by atoms with van der Waals surface area (Å²) in [5.74, 6) is 0.224. The maximum absolute atomic E-state index is 12.9. The zero-order valence-electron chi connectivity index (χ0n) is 18.0. The lowest BCUT2D eigenvalue weighted by Crippen LogP contribution is -2.49. The second-order valence-corrected chi connectivity index (χ2v) is 9.28. The Balaban J connectivity index is 1.75. The minimum absolute atomic E-state index is 0.000348. The first-order valence-electron chi connectivity index (χ1n) is 9.92. The van der Waals surface area contributed by atoms with Gasteiger partial charge in [0.2, 0.25) is 27.6 Å². The van der Waals surface area contributed by atoms with Crippen LogP contribution < -0.4 is 9.62 Å². The van der Waals surface area contributed by atoms with Crippen LogP contribution in [0.1, 0.15) is 30.4 Å². The van der Waals surface area contributed by atoms with Crippen molar-refractivity contribution in [3.63, 3.8) is 0 Å². The van der Waals surface area contributed by atoms with Gasteiger partial charge in [0.1, 0.15) is 6.04 Å². The van der Waals surface area contributed by atoms with Crippen LogP contribution in [0.25, 0.3) is 11.4 Å². The van der Waals surface area contributed by atoms with E-state index >= 15 is 0 Å². The highest BCUT2D eigenvalue weighted by molar-refractivity contribution is 7.92. The minimum atomic E-state index is -3.69. The first kappa shape index (κ1) is 22.5. The summed E-state index contributed by atoms with van der Waals surface area (Å²) in [5, 5.41) is 6.68. The quantitative estimate of drug-likeness (QED) is 0.574. The van der Waals surface area contributed by atoms with Crippen molar-refractivity contribution < 1.29 is 17.7 Å². The highest BCUT2D eigenvalue weighted by atomic mass is 32.2. The molecule has 0 aliphatic heterocycles. The van der Waals surface area contributed by atoms with E-state index < -0.39 is 22.0 Å². The van der Waals surface area contributed by atoms with Gasteiger partial charge in [0.15, 0.2) is 0 Å². The molecule has 31 heavy (non-hydrogen) atoms. The predicted molar refractivity (Wildman–Crippen MR) is 119 cm³/mol. The van der Waals surface area contributed by atoms with Crippen LogP contribution in [0.5, 0.6) is 0 Å². The molecule has 1 atom stereocenters. The third-order valence-electron chi connectivity index (χ3n) is 4.78. The van der Waals surface area contributed by atoms with Gasteiger partial charge in [-0.25, -0.2) is 8.42 Å². The largest absolute Gasteiger partial charge is 0.345 e. The molecule has 1 heterocycles. The smallest absolute Gasteiger partial charge is 0.246 e. The fraction of sp³-hybridized carbons (Fsp3) is 0.318. The van der Waals surface area contributed by atoms with E-state index in [1.807, 2.05) is 50.2 Å². The minimum Gasteiger partial charge on any atom is -0.345 e. The number of aryl methyl sites for hydroxylation is 2. The zero-order chi connectivity index (χ0) is 22.6. The van der Waals surface area contributed by atoms with Crippen molar-refractivity contribution in [2.75, 3.05) is 10.6 Å². The second kappa shape index (κ2) is 9.30. The van der Waals surface area contributed by atoms with E-state index in [0.29, 0.717) is 17.9 Å². The van der Waals surface area contributed by atoms with E-state index in [0.717, 1.165) is 27.3 Å². The number of rotatable bonds is 8. The summed E-state index contributed by atoms with van der Waals surface area (Å²) in [6.07, 6.45) is 1.39. The van der Waals surface area contributed by atoms with Crippen molar-refractivity contribution >= 4 is 21.6 Å². The first-order chi connectivity index (χ1) is 14.7. The van der Waals surface area contributed by atoms with Gasteiger partial charge in [-0.2, -0.15) is 4.98 Å². The van der Waals surface area contributed by atoms with E-state index in [2.05, 4.69) is 15.5 Å². The zero-order valence-corrected chi connectivity index (χ0v) is 18.8. The Hall–Kier alpha value is -3.20. The lowest BCUT2D eigenvalue weighted by molar-refractivity contribution is -0.122. The van der Waals surface area contributed by atoms with Gasteiger partial charge in [-0.1, -0.05) is 53.5 Å². The van der Waals surface area contributed by atoms with E-state index in [-0.39, 0.29) is 12.4 Å². The molecule has 0 saturated heterocycles. The summed E-state index contributed by atoms with van der Waals surface area (Å²) in [7, 11) is -3.69. The Kier molecular flexibility index (Phi) is 6.74. The van der Waals surface area contributed by atoms with Crippen molar-refractivity contribution in [1.82, 2.24) is 15.5 Å². The van der Waals surface area contributed by atoms with Gasteiger partial charge in [-0.15, -0.1) is 0 Å². The molecule has 8 nitrogen and oxygen atoms in total. The number of nitrogens with zero attached hydrogens (tertiary/aromatic N) is 3. The average molecular weight is 443 g/mol. The standard InChI is InChI=1S/C22H26N4O4S/c1-5-19(26(31(4,28)29)18-11-9-15(2)10-12-18)22(27)23-14-20-24-21(25-30-20)17-8-6-7-16(3)13-17/h6-13,19H,5,14H2,1-4H3,(H,23,27)/t19-/m1/s1. The average Bonchev–Trinajstić information content (AvgIpc) is 3.19. The van der Waals surface area contributed by atoms with E-state index in [1.54, 1.807) is 19.1 Å². The van der Waals surface area contributed by atoms with Crippen LogP contribution in [0, 0.1) is 13.8 Å².